The maximum Gasteiger partial charge on any atom is 0.229 e. The fraction of sp³-hybridized carbons (Fsp3) is 0.417. The van der Waals surface area contributed by atoms with Crippen LogP contribution in [0.25, 0.3) is 0 Å². The van der Waals surface area contributed by atoms with Crippen molar-refractivity contribution >= 4 is 17.3 Å². The number of rotatable bonds is 3. The van der Waals surface area contributed by atoms with Crippen molar-refractivity contribution in [1.82, 2.24) is 0 Å². The summed E-state index contributed by atoms with van der Waals surface area (Å²) in [4.78, 5) is 13.5. The molecule has 0 bridgehead atoms. The zero-order valence-electron chi connectivity index (χ0n) is 9.53. The lowest BCUT2D eigenvalue weighted by atomic mass is 10.1. The van der Waals surface area contributed by atoms with E-state index >= 15 is 0 Å². The molecular weight excluding hydrogens is 188 g/mol. The Morgan fingerprint density at radius 2 is 1.93 bits per heavy atom. The topological polar surface area (TPSA) is 46.3 Å². The molecule has 0 heterocycles. The van der Waals surface area contributed by atoms with E-state index in [1.807, 2.05) is 26.0 Å². The van der Waals surface area contributed by atoms with E-state index in [2.05, 4.69) is 0 Å². The van der Waals surface area contributed by atoms with Crippen LogP contribution in [0.3, 0.4) is 0 Å². The molecule has 3 heteroatoms. The van der Waals surface area contributed by atoms with Crippen molar-refractivity contribution in [2.24, 2.45) is 5.92 Å². The zero-order chi connectivity index (χ0) is 11.4. The second-order valence-electron chi connectivity index (χ2n) is 3.80. The summed E-state index contributed by atoms with van der Waals surface area (Å²) in [5, 5.41) is 0. The summed E-state index contributed by atoms with van der Waals surface area (Å²) in [5.41, 5.74) is 7.18. The van der Waals surface area contributed by atoms with Crippen molar-refractivity contribution in [3.05, 3.63) is 24.3 Å². The SMILES string of the molecule is CCC(C)C(=O)N(C)c1ccc(N)cc1. The van der Waals surface area contributed by atoms with Gasteiger partial charge in [-0.1, -0.05) is 13.8 Å². The molecule has 0 aliphatic heterocycles. The molecule has 1 amide bonds. The minimum atomic E-state index is 0.0625. The molecule has 3 nitrogen and oxygen atoms in total. The largest absolute Gasteiger partial charge is 0.399 e. The monoisotopic (exact) mass is 206 g/mol. The summed E-state index contributed by atoms with van der Waals surface area (Å²) in [6.45, 7) is 3.95. The van der Waals surface area contributed by atoms with E-state index < -0.39 is 0 Å². The van der Waals surface area contributed by atoms with E-state index in [-0.39, 0.29) is 11.8 Å². The predicted octanol–water partition coefficient (Wildman–Crippen LogP) is 2.28. The van der Waals surface area contributed by atoms with Crippen LogP contribution in [0.15, 0.2) is 24.3 Å². The summed E-state index contributed by atoms with van der Waals surface area (Å²) < 4.78 is 0. The molecule has 0 saturated carbocycles. The van der Waals surface area contributed by atoms with Gasteiger partial charge in [-0.05, 0) is 30.7 Å². The normalized spacial score (nSPS) is 12.2. The van der Waals surface area contributed by atoms with Gasteiger partial charge in [-0.15, -0.1) is 0 Å². The molecule has 1 unspecified atom stereocenters. The first-order chi connectivity index (χ1) is 7.06. The van der Waals surface area contributed by atoms with Crippen LogP contribution in [0.4, 0.5) is 11.4 Å². The van der Waals surface area contributed by atoms with Crippen LogP contribution in [0.5, 0.6) is 0 Å². The lowest BCUT2D eigenvalue weighted by Gasteiger charge is -2.20. The summed E-state index contributed by atoms with van der Waals surface area (Å²) in [5.74, 6) is 0.204. The minimum Gasteiger partial charge on any atom is -0.399 e. The van der Waals surface area contributed by atoms with Gasteiger partial charge in [0.1, 0.15) is 0 Å². The van der Waals surface area contributed by atoms with Gasteiger partial charge in [0, 0.05) is 24.3 Å². The average Bonchev–Trinajstić information content (AvgIpc) is 2.27. The van der Waals surface area contributed by atoms with E-state index in [1.165, 1.54) is 0 Å². The summed E-state index contributed by atoms with van der Waals surface area (Å²) in [6, 6.07) is 7.32. The van der Waals surface area contributed by atoms with Gasteiger partial charge >= 0.3 is 0 Å². The lowest BCUT2D eigenvalue weighted by molar-refractivity contribution is -0.121. The number of hydrogen-bond donors (Lipinski definition) is 1. The van der Waals surface area contributed by atoms with Crippen LogP contribution in [0.1, 0.15) is 20.3 Å². The number of hydrogen-bond acceptors (Lipinski definition) is 2. The Labute approximate surface area is 90.9 Å². The third-order valence-corrected chi connectivity index (χ3v) is 2.64. The van der Waals surface area contributed by atoms with Gasteiger partial charge in [0.15, 0.2) is 0 Å². The number of carbonyl (C=O) groups excluding carboxylic acids is 1. The van der Waals surface area contributed by atoms with Gasteiger partial charge in [-0.2, -0.15) is 0 Å². The Morgan fingerprint density at radius 1 is 1.40 bits per heavy atom. The average molecular weight is 206 g/mol. The third-order valence-electron chi connectivity index (χ3n) is 2.64. The van der Waals surface area contributed by atoms with Crippen LogP contribution in [0, 0.1) is 5.92 Å². The van der Waals surface area contributed by atoms with Crippen LogP contribution in [-0.2, 0) is 4.79 Å². The highest BCUT2D eigenvalue weighted by atomic mass is 16.2. The maximum absolute atomic E-state index is 11.9. The van der Waals surface area contributed by atoms with Gasteiger partial charge in [0.2, 0.25) is 5.91 Å². The molecule has 0 radical (unpaired) electrons. The highest BCUT2D eigenvalue weighted by molar-refractivity contribution is 5.94. The highest BCUT2D eigenvalue weighted by Gasteiger charge is 2.16. The van der Waals surface area contributed by atoms with Crippen molar-refractivity contribution in [3.63, 3.8) is 0 Å². The first-order valence-electron chi connectivity index (χ1n) is 5.19. The van der Waals surface area contributed by atoms with Crippen molar-refractivity contribution in [1.29, 1.82) is 0 Å². The molecule has 0 fully saturated rings. The highest BCUT2D eigenvalue weighted by Crippen LogP contribution is 2.17. The van der Waals surface area contributed by atoms with E-state index in [1.54, 1.807) is 24.1 Å². The molecule has 82 valence electrons. The number of nitrogens with two attached hydrogens (primary N) is 1. The quantitative estimate of drug-likeness (QED) is 0.771. The van der Waals surface area contributed by atoms with Gasteiger partial charge in [-0.3, -0.25) is 4.79 Å². The van der Waals surface area contributed by atoms with Crippen molar-refractivity contribution in [3.8, 4) is 0 Å². The van der Waals surface area contributed by atoms with E-state index in [0.29, 0.717) is 5.69 Å². The molecule has 1 atom stereocenters. The Kier molecular flexibility index (Phi) is 3.72. The van der Waals surface area contributed by atoms with Gasteiger partial charge < -0.3 is 10.6 Å². The Bertz CT molecular complexity index is 332. The number of nitrogen functional groups attached to an aromatic ring is 1. The van der Waals surface area contributed by atoms with E-state index in [9.17, 15) is 4.79 Å². The van der Waals surface area contributed by atoms with Gasteiger partial charge in [0.25, 0.3) is 0 Å². The molecule has 1 aromatic rings. The van der Waals surface area contributed by atoms with E-state index in [4.69, 9.17) is 5.73 Å². The van der Waals surface area contributed by atoms with Crippen molar-refractivity contribution in [2.45, 2.75) is 20.3 Å². The second-order valence-corrected chi connectivity index (χ2v) is 3.80. The summed E-state index contributed by atoms with van der Waals surface area (Å²) in [6.07, 6.45) is 0.859. The molecule has 0 spiro atoms. The van der Waals surface area contributed by atoms with Crippen LogP contribution < -0.4 is 10.6 Å². The van der Waals surface area contributed by atoms with Gasteiger partial charge in [0.05, 0.1) is 0 Å². The minimum absolute atomic E-state index is 0.0625. The molecular formula is C12H18N2O. The van der Waals surface area contributed by atoms with Crippen molar-refractivity contribution in [2.75, 3.05) is 17.7 Å². The maximum atomic E-state index is 11.9. The summed E-state index contributed by atoms with van der Waals surface area (Å²) in [7, 11) is 1.79. The molecule has 15 heavy (non-hydrogen) atoms. The fourth-order valence-corrected chi connectivity index (χ4v) is 1.33. The molecule has 1 rings (SSSR count). The molecule has 0 aromatic heterocycles. The Balaban J connectivity index is 2.80. The molecule has 0 saturated heterocycles. The molecule has 0 aliphatic carbocycles. The predicted molar refractivity (Wildman–Crippen MR) is 63.7 cm³/mol. The number of carbonyl (C=O) groups is 1. The molecule has 1 aromatic carbocycles. The number of amides is 1. The number of anilines is 2. The smallest absolute Gasteiger partial charge is 0.229 e. The van der Waals surface area contributed by atoms with Gasteiger partial charge in [-0.25, -0.2) is 0 Å². The van der Waals surface area contributed by atoms with E-state index in [0.717, 1.165) is 12.1 Å². The van der Waals surface area contributed by atoms with Crippen molar-refractivity contribution < 1.29 is 4.79 Å². The Hall–Kier alpha value is -1.51. The Morgan fingerprint density at radius 3 is 2.40 bits per heavy atom. The van der Waals surface area contributed by atoms with Crippen LogP contribution in [-0.4, -0.2) is 13.0 Å². The lowest BCUT2D eigenvalue weighted by Crippen LogP contribution is -2.31. The molecule has 2 N–H and O–H groups in total. The van der Waals surface area contributed by atoms with Crippen LogP contribution in [0.2, 0.25) is 0 Å². The summed E-state index contributed by atoms with van der Waals surface area (Å²) >= 11 is 0. The molecule has 0 aliphatic rings. The second kappa shape index (κ2) is 4.82. The fourth-order valence-electron chi connectivity index (χ4n) is 1.33. The first-order valence-corrected chi connectivity index (χ1v) is 5.19. The number of nitrogens with zero attached hydrogens (tertiary/aromatic N) is 1. The first kappa shape index (κ1) is 11.6. The third kappa shape index (κ3) is 2.72. The number of benzene rings is 1. The standard InChI is InChI=1S/C12H18N2O/c1-4-9(2)12(15)14(3)11-7-5-10(13)6-8-11/h5-9H,4,13H2,1-3H3. The van der Waals surface area contributed by atoms with Crippen LogP contribution >= 0.6 is 0 Å². The zero-order valence-corrected chi connectivity index (χ0v) is 9.53.